The summed E-state index contributed by atoms with van der Waals surface area (Å²) in [6.45, 7) is 7.36. The van der Waals surface area contributed by atoms with Crippen LogP contribution in [-0.2, 0) is 0 Å². The van der Waals surface area contributed by atoms with Crippen molar-refractivity contribution < 1.29 is 4.39 Å². The van der Waals surface area contributed by atoms with Crippen LogP contribution in [-0.4, -0.2) is 31.5 Å². The van der Waals surface area contributed by atoms with Crippen LogP contribution in [0.2, 0.25) is 0 Å². The van der Waals surface area contributed by atoms with E-state index in [0.29, 0.717) is 27.7 Å². The van der Waals surface area contributed by atoms with Crippen LogP contribution in [0.4, 0.5) is 10.1 Å². The highest BCUT2D eigenvalue weighted by Crippen LogP contribution is 2.39. The maximum atomic E-state index is 13.6. The molecule has 4 heterocycles. The van der Waals surface area contributed by atoms with Crippen LogP contribution >= 0.6 is 11.8 Å². The Morgan fingerprint density at radius 2 is 2.06 bits per heavy atom. The predicted octanol–water partition coefficient (Wildman–Crippen LogP) is 4.56. The largest absolute Gasteiger partial charge is 0.398 e. The lowest BCUT2D eigenvalue weighted by atomic mass is 10.0. The van der Waals surface area contributed by atoms with E-state index in [1.165, 1.54) is 23.9 Å². The summed E-state index contributed by atoms with van der Waals surface area (Å²) in [6, 6.07) is 8.86. The smallest absolute Gasteiger partial charge is 0.125 e. The number of halogens is 1. The van der Waals surface area contributed by atoms with Gasteiger partial charge >= 0.3 is 0 Å². The average molecular weight is 462 g/mol. The predicted molar refractivity (Wildman–Crippen MR) is 127 cm³/mol. The van der Waals surface area contributed by atoms with Crippen molar-refractivity contribution in [2.24, 2.45) is 0 Å². The molecule has 4 aromatic rings. The highest BCUT2D eigenvalue weighted by molar-refractivity contribution is 7.99. The molecule has 33 heavy (non-hydrogen) atoms. The van der Waals surface area contributed by atoms with Crippen LogP contribution in [0, 0.1) is 24.1 Å². The van der Waals surface area contributed by atoms with E-state index >= 15 is 0 Å². The molecular formula is C24H24FN7S. The summed E-state index contributed by atoms with van der Waals surface area (Å²) >= 11 is 1.39. The maximum absolute atomic E-state index is 13.6. The third kappa shape index (κ3) is 3.86. The molecule has 5 rings (SSSR count). The number of hydrogen-bond donors (Lipinski definition) is 2. The van der Waals surface area contributed by atoms with Gasteiger partial charge in [0, 0.05) is 50.6 Å². The van der Waals surface area contributed by atoms with E-state index in [1.807, 2.05) is 18.5 Å². The second-order valence-corrected chi connectivity index (χ2v) is 10.1. The van der Waals surface area contributed by atoms with Crippen molar-refractivity contribution in [3.8, 4) is 17.2 Å². The van der Waals surface area contributed by atoms with Gasteiger partial charge < -0.3 is 11.1 Å². The zero-order valence-electron chi connectivity index (χ0n) is 18.6. The Kier molecular flexibility index (Phi) is 5.15. The van der Waals surface area contributed by atoms with E-state index in [-0.39, 0.29) is 11.4 Å². The standard InChI is InChI=1S/C24H24FN7S/c1-14-19(12-30-32(14)18-8-24(2,3)28-11-18)15-6-22(23-16(9-26)10-29-31(23)13-15)33-21-5-4-17(25)7-20(21)27/h4-7,10,12-13,18,28H,8,11,27H2,1-3H3/t18-/m0/s1. The Morgan fingerprint density at radius 3 is 2.76 bits per heavy atom. The maximum Gasteiger partial charge on any atom is 0.125 e. The van der Waals surface area contributed by atoms with Crippen molar-refractivity contribution >= 4 is 23.0 Å². The summed E-state index contributed by atoms with van der Waals surface area (Å²) in [4.78, 5) is 1.53. The van der Waals surface area contributed by atoms with E-state index < -0.39 is 0 Å². The lowest BCUT2D eigenvalue weighted by Gasteiger charge is -2.18. The number of benzene rings is 1. The van der Waals surface area contributed by atoms with Gasteiger partial charge in [0.15, 0.2) is 0 Å². The van der Waals surface area contributed by atoms with Gasteiger partial charge in [-0.15, -0.1) is 0 Å². The fraction of sp³-hybridized carbons (Fsp3) is 0.292. The van der Waals surface area contributed by atoms with Crippen molar-refractivity contribution in [2.75, 3.05) is 12.3 Å². The first-order chi connectivity index (χ1) is 15.8. The number of rotatable bonds is 4. The molecule has 168 valence electrons. The number of nitrogens with zero attached hydrogens (tertiary/aromatic N) is 5. The van der Waals surface area contributed by atoms with E-state index in [1.54, 1.807) is 16.8 Å². The summed E-state index contributed by atoms with van der Waals surface area (Å²) in [6.07, 6.45) is 6.36. The van der Waals surface area contributed by atoms with Crippen molar-refractivity contribution in [3.63, 3.8) is 0 Å². The fourth-order valence-corrected chi connectivity index (χ4v) is 5.53. The molecule has 1 saturated heterocycles. The Hall–Kier alpha value is -3.35. The summed E-state index contributed by atoms with van der Waals surface area (Å²) in [5, 5.41) is 22.3. The molecule has 7 nitrogen and oxygen atoms in total. The second kappa shape index (κ2) is 7.90. The van der Waals surface area contributed by atoms with Crippen molar-refractivity contribution in [3.05, 3.63) is 59.9 Å². The number of nitrogens with one attached hydrogen (secondary N) is 1. The third-order valence-corrected chi connectivity index (χ3v) is 7.28. The van der Waals surface area contributed by atoms with Gasteiger partial charge in [-0.1, -0.05) is 11.8 Å². The highest BCUT2D eigenvalue weighted by atomic mass is 32.2. The third-order valence-electron chi connectivity index (χ3n) is 6.15. The molecule has 1 atom stereocenters. The Bertz CT molecular complexity index is 1410. The minimum Gasteiger partial charge on any atom is -0.398 e. The second-order valence-electron chi connectivity index (χ2n) is 9.05. The highest BCUT2D eigenvalue weighted by Gasteiger charge is 2.32. The molecule has 0 bridgehead atoms. The number of nitrogens with two attached hydrogens (primary N) is 1. The summed E-state index contributed by atoms with van der Waals surface area (Å²) in [5.41, 5.74) is 10.7. The minimum atomic E-state index is -0.384. The van der Waals surface area contributed by atoms with E-state index in [0.717, 1.165) is 34.7 Å². The van der Waals surface area contributed by atoms with Crippen LogP contribution in [0.3, 0.4) is 0 Å². The van der Waals surface area contributed by atoms with Crippen LogP contribution in [0.1, 0.15) is 37.6 Å². The van der Waals surface area contributed by atoms with Crippen molar-refractivity contribution in [2.45, 2.75) is 48.6 Å². The van der Waals surface area contributed by atoms with E-state index in [4.69, 9.17) is 10.8 Å². The number of pyridine rings is 1. The van der Waals surface area contributed by atoms with Gasteiger partial charge in [-0.3, -0.25) is 4.68 Å². The Labute approximate surface area is 195 Å². The quantitative estimate of drug-likeness (QED) is 0.433. The molecule has 1 aliphatic heterocycles. The SMILES string of the molecule is Cc1c(-c2cc(Sc3ccc(F)cc3N)c3c(C#N)cnn3c2)cnn1[C@@H]1CNC(C)(C)C1. The Morgan fingerprint density at radius 1 is 1.24 bits per heavy atom. The van der Waals surface area contributed by atoms with Gasteiger partial charge in [0.2, 0.25) is 0 Å². The van der Waals surface area contributed by atoms with E-state index in [9.17, 15) is 9.65 Å². The van der Waals surface area contributed by atoms with Gasteiger partial charge in [0.05, 0.1) is 29.5 Å². The molecule has 0 aliphatic carbocycles. The van der Waals surface area contributed by atoms with Gasteiger partial charge in [0.25, 0.3) is 0 Å². The van der Waals surface area contributed by atoms with Crippen LogP contribution < -0.4 is 11.1 Å². The summed E-state index contributed by atoms with van der Waals surface area (Å²) in [7, 11) is 0. The first kappa shape index (κ1) is 21.5. The van der Waals surface area contributed by atoms with Crippen molar-refractivity contribution in [1.82, 2.24) is 24.7 Å². The molecule has 3 aromatic heterocycles. The first-order valence-electron chi connectivity index (χ1n) is 10.7. The molecule has 0 saturated carbocycles. The zero-order valence-corrected chi connectivity index (χ0v) is 19.4. The van der Waals surface area contributed by atoms with Crippen molar-refractivity contribution in [1.29, 1.82) is 5.26 Å². The topological polar surface area (TPSA) is 97.0 Å². The van der Waals surface area contributed by atoms with Gasteiger partial charge in [-0.2, -0.15) is 15.5 Å². The number of nitrogen functional groups attached to an aromatic ring is 1. The molecule has 1 aromatic carbocycles. The molecular weight excluding hydrogens is 437 g/mol. The fourth-order valence-electron chi connectivity index (χ4n) is 4.50. The number of nitriles is 1. The molecule has 0 spiro atoms. The monoisotopic (exact) mass is 461 g/mol. The minimum absolute atomic E-state index is 0.0871. The van der Waals surface area contributed by atoms with Crippen LogP contribution in [0.5, 0.6) is 0 Å². The van der Waals surface area contributed by atoms with Gasteiger partial charge in [-0.25, -0.2) is 8.91 Å². The molecule has 0 unspecified atom stereocenters. The first-order valence-corrected chi connectivity index (χ1v) is 11.5. The van der Waals surface area contributed by atoms with Crippen LogP contribution in [0.15, 0.2) is 52.6 Å². The lowest BCUT2D eigenvalue weighted by molar-refractivity contribution is 0.419. The number of aromatic nitrogens is 4. The zero-order chi connectivity index (χ0) is 23.3. The summed E-state index contributed by atoms with van der Waals surface area (Å²) in [5.74, 6) is -0.384. The van der Waals surface area contributed by atoms with Crippen LogP contribution in [0.25, 0.3) is 16.6 Å². The summed E-state index contributed by atoms with van der Waals surface area (Å²) < 4.78 is 17.4. The molecule has 1 aliphatic rings. The normalized spacial score (nSPS) is 17.5. The number of hydrogen-bond acceptors (Lipinski definition) is 6. The molecule has 1 fully saturated rings. The molecule has 3 N–H and O–H groups in total. The Balaban J connectivity index is 1.60. The number of fused-ring (bicyclic) bond motifs is 1. The van der Waals surface area contributed by atoms with Gasteiger partial charge in [-0.05, 0) is 51.5 Å². The average Bonchev–Trinajstić information content (AvgIpc) is 3.46. The molecule has 0 radical (unpaired) electrons. The molecule has 0 amide bonds. The van der Waals surface area contributed by atoms with Gasteiger partial charge in [0.1, 0.15) is 11.9 Å². The lowest BCUT2D eigenvalue weighted by Crippen LogP contribution is -2.31. The number of anilines is 1. The van der Waals surface area contributed by atoms with E-state index in [2.05, 4.69) is 41.9 Å². The molecule has 9 heteroatoms.